The van der Waals surface area contributed by atoms with Gasteiger partial charge in [0.05, 0.1) is 17.9 Å². The van der Waals surface area contributed by atoms with Gasteiger partial charge in [0.2, 0.25) is 6.39 Å². The molecule has 0 aliphatic rings. The van der Waals surface area contributed by atoms with Gasteiger partial charge in [0.1, 0.15) is 5.82 Å². The molecule has 2 aromatic heterocycles. The molecule has 3 N–H and O–H groups in total. The van der Waals surface area contributed by atoms with Crippen LogP contribution in [0.25, 0.3) is 0 Å². The number of aromatic nitrogens is 3. The Morgan fingerprint density at radius 3 is 3.00 bits per heavy atom. The van der Waals surface area contributed by atoms with E-state index in [4.69, 9.17) is 5.73 Å². The molecule has 6 heteroatoms. The van der Waals surface area contributed by atoms with Crippen LogP contribution >= 0.6 is 0 Å². The first-order valence-corrected chi connectivity index (χ1v) is 4.48. The monoisotopic (exact) mass is 205 g/mol. The molecule has 0 saturated carbocycles. The van der Waals surface area contributed by atoms with Crippen LogP contribution in [0.4, 0.5) is 11.5 Å². The topological polar surface area (TPSA) is 89.9 Å². The lowest BCUT2D eigenvalue weighted by atomic mass is 10.3. The average Bonchev–Trinajstić information content (AvgIpc) is 2.73. The third kappa shape index (κ3) is 2.22. The minimum atomic E-state index is 0.479. The number of nitrogens with zero attached hydrogens (tertiary/aromatic N) is 3. The molecule has 2 heterocycles. The van der Waals surface area contributed by atoms with Gasteiger partial charge in [-0.25, -0.2) is 4.98 Å². The van der Waals surface area contributed by atoms with Crippen molar-refractivity contribution in [3.05, 3.63) is 30.0 Å². The van der Waals surface area contributed by atoms with Crippen molar-refractivity contribution >= 4 is 11.5 Å². The second-order valence-electron chi connectivity index (χ2n) is 3.07. The Hall–Kier alpha value is -2.11. The smallest absolute Gasteiger partial charge is 0.213 e. The van der Waals surface area contributed by atoms with Gasteiger partial charge >= 0.3 is 0 Å². The first kappa shape index (κ1) is 9.45. The van der Waals surface area contributed by atoms with Crippen LogP contribution in [0, 0.1) is 6.92 Å². The van der Waals surface area contributed by atoms with Gasteiger partial charge in [-0.2, -0.15) is 4.98 Å². The Morgan fingerprint density at radius 1 is 1.47 bits per heavy atom. The molecule has 0 radical (unpaired) electrons. The van der Waals surface area contributed by atoms with Crippen molar-refractivity contribution in [3.8, 4) is 0 Å². The van der Waals surface area contributed by atoms with Gasteiger partial charge in [-0.15, -0.1) is 0 Å². The first-order chi connectivity index (χ1) is 7.25. The fraction of sp³-hybridized carbons (Fsp3) is 0.222. The van der Waals surface area contributed by atoms with Crippen LogP contribution in [0.1, 0.15) is 11.5 Å². The summed E-state index contributed by atoms with van der Waals surface area (Å²) in [7, 11) is 0. The molecule has 0 saturated heterocycles. The maximum Gasteiger partial charge on any atom is 0.213 e. The van der Waals surface area contributed by atoms with Crippen molar-refractivity contribution in [2.24, 2.45) is 0 Å². The minimum absolute atomic E-state index is 0.479. The van der Waals surface area contributed by atoms with Crippen molar-refractivity contribution in [2.45, 2.75) is 13.5 Å². The molecule has 0 atom stereocenters. The Bertz CT molecular complexity index is 440. The summed E-state index contributed by atoms with van der Waals surface area (Å²) < 4.78 is 4.60. The lowest BCUT2D eigenvalue weighted by Crippen LogP contribution is -2.04. The zero-order valence-corrected chi connectivity index (χ0v) is 8.27. The Labute approximate surface area is 86.5 Å². The highest BCUT2D eigenvalue weighted by Crippen LogP contribution is 2.11. The van der Waals surface area contributed by atoms with Crippen LogP contribution in [-0.4, -0.2) is 15.1 Å². The second kappa shape index (κ2) is 3.95. The maximum absolute atomic E-state index is 5.65. The first-order valence-electron chi connectivity index (χ1n) is 4.48. The second-order valence-corrected chi connectivity index (χ2v) is 3.07. The van der Waals surface area contributed by atoms with Crippen LogP contribution in [-0.2, 0) is 6.54 Å². The van der Waals surface area contributed by atoms with Crippen LogP contribution in [0.3, 0.4) is 0 Å². The van der Waals surface area contributed by atoms with Gasteiger partial charge in [0, 0.05) is 0 Å². The molecule has 0 aliphatic heterocycles. The zero-order valence-electron chi connectivity index (χ0n) is 8.27. The SMILES string of the molecule is Cc1nc(NCc2ncon2)ccc1N. The van der Waals surface area contributed by atoms with Crippen molar-refractivity contribution in [1.29, 1.82) is 0 Å². The van der Waals surface area contributed by atoms with Crippen LogP contribution in [0.5, 0.6) is 0 Å². The summed E-state index contributed by atoms with van der Waals surface area (Å²) in [6.45, 7) is 2.34. The molecule has 0 fully saturated rings. The molecule has 0 aliphatic carbocycles. The zero-order chi connectivity index (χ0) is 10.7. The fourth-order valence-corrected chi connectivity index (χ4v) is 1.11. The average molecular weight is 205 g/mol. The molecule has 0 spiro atoms. The van der Waals surface area contributed by atoms with E-state index in [1.807, 2.05) is 13.0 Å². The van der Waals surface area contributed by atoms with Crippen LogP contribution in [0.2, 0.25) is 0 Å². The number of nitrogens with one attached hydrogen (secondary N) is 1. The third-order valence-electron chi connectivity index (χ3n) is 1.96. The van der Waals surface area contributed by atoms with E-state index in [-0.39, 0.29) is 0 Å². The van der Waals surface area contributed by atoms with Gasteiger partial charge in [-0.3, -0.25) is 0 Å². The predicted molar refractivity (Wildman–Crippen MR) is 55.0 cm³/mol. The minimum Gasteiger partial charge on any atom is -0.397 e. The largest absolute Gasteiger partial charge is 0.397 e. The van der Waals surface area contributed by atoms with Crippen LogP contribution in [0.15, 0.2) is 23.0 Å². The molecule has 0 aromatic carbocycles. The highest BCUT2D eigenvalue weighted by Gasteiger charge is 2.00. The summed E-state index contributed by atoms with van der Waals surface area (Å²) in [6, 6.07) is 3.61. The summed E-state index contributed by atoms with van der Waals surface area (Å²) in [4.78, 5) is 8.13. The van der Waals surface area contributed by atoms with Crippen LogP contribution < -0.4 is 11.1 Å². The number of hydrogen-bond donors (Lipinski definition) is 2. The Balaban J connectivity index is 2.02. The predicted octanol–water partition coefficient (Wildman–Crippen LogP) is 0.967. The summed E-state index contributed by atoms with van der Waals surface area (Å²) in [5.74, 6) is 1.33. The lowest BCUT2D eigenvalue weighted by Gasteiger charge is -2.04. The normalized spacial score (nSPS) is 10.2. The number of hydrogen-bond acceptors (Lipinski definition) is 6. The molecule has 15 heavy (non-hydrogen) atoms. The van der Waals surface area contributed by atoms with E-state index < -0.39 is 0 Å². The molecule has 0 unspecified atom stereocenters. The van der Waals surface area contributed by atoms with Crippen molar-refractivity contribution < 1.29 is 4.52 Å². The van der Waals surface area contributed by atoms with E-state index in [0.717, 1.165) is 11.5 Å². The standard InChI is InChI=1S/C9H11N5O/c1-6-7(10)2-3-8(13-6)11-4-9-12-5-15-14-9/h2-3,5H,4,10H2,1H3,(H,11,13). The summed E-state index contributed by atoms with van der Waals surface area (Å²) in [5.41, 5.74) is 7.13. The number of nitrogen functional groups attached to an aromatic ring is 1. The van der Waals surface area contributed by atoms with E-state index in [1.54, 1.807) is 6.07 Å². The van der Waals surface area contributed by atoms with Crippen molar-refractivity contribution in [2.75, 3.05) is 11.1 Å². The van der Waals surface area contributed by atoms with Gasteiger partial charge in [0.15, 0.2) is 5.82 Å². The number of rotatable bonds is 3. The summed E-state index contributed by atoms with van der Waals surface area (Å²) in [6.07, 6.45) is 1.29. The molecule has 0 bridgehead atoms. The summed E-state index contributed by atoms with van der Waals surface area (Å²) in [5, 5.41) is 6.73. The number of anilines is 2. The molecule has 78 valence electrons. The van der Waals surface area contributed by atoms with E-state index in [2.05, 4.69) is 25.0 Å². The Kier molecular flexibility index (Phi) is 2.49. The molecule has 0 amide bonds. The van der Waals surface area contributed by atoms with Gasteiger partial charge in [-0.1, -0.05) is 5.16 Å². The van der Waals surface area contributed by atoms with Gasteiger partial charge in [0.25, 0.3) is 0 Å². The third-order valence-corrected chi connectivity index (χ3v) is 1.96. The number of nitrogens with two attached hydrogens (primary N) is 1. The van der Waals surface area contributed by atoms with Gasteiger partial charge in [-0.05, 0) is 19.1 Å². The molecule has 6 nitrogen and oxygen atoms in total. The maximum atomic E-state index is 5.65. The van der Waals surface area contributed by atoms with E-state index >= 15 is 0 Å². The quantitative estimate of drug-likeness (QED) is 0.775. The molecule has 2 aromatic rings. The highest BCUT2D eigenvalue weighted by molar-refractivity contribution is 5.48. The fourth-order valence-electron chi connectivity index (χ4n) is 1.11. The number of aryl methyl sites for hydroxylation is 1. The van der Waals surface area contributed by atoms with E-state index in [1.165, 1.54) is 6.39 Å². The van der Waals surface area contributed by atoms with E-state index in [0.29, 0.717) is 18.1 Å². The highest BCUT2D eigenvalue weighted by atomic mass is 16.5. The summed E-state index contributed by atoms with van der Waals surface area (Å²) >= 11 is 0. The van der Waals surface area contributed by atoms with Crippen molar-refractivity contribution in [1.82, 2.24) is 15.1 Å². The molecular formula is C9H11N5O. The van der Waals surface area contributed by atoms with Crippen molar-refractivity contribution in [3.63, 3.8) is 0 Å². The molecular weight excluding hydrogens is 194 g/mol. The van der Waals surface area contributed by atoms with E-state index in [9.17, 15) is 0 Å². The lowest BCUT2D eigenvalue weighted by molar-refractivity contribution is 0.411. The molecule has 2 rings (SSSR count). The van der Waals surface area contributed by atoms with Gasteiger partial charge < -0.3 is 15.6 Å². The number of pyridine rings is 1. The Morgan fingerprint density at radius 2 is 2.33 bits per heavy atom.